The van der Waals surface area contributed by atoms with Gasteiger partial charge >= 0.3 is 0 Å². The molecule has 1 aliphatic rings. The molecule has 2 aromatic rings. The summed E-state index contributed by atoms with van der Waals surface area (Å²) in [5, 5.41) is 1.10. The van der Waals surface area contributed by atoms with Crippen molar-refractivity contribution < 1.29 is 0 Å². The molecule has 1 saturated heterocycles. The van der Waals surface area contributed by atoms with Crippen LogP contribution in [0.5, 0.6) is 0 Å². The predicted molar refractivity (Wildman–Crippen MR) is 85.1 cm³/mol. The summed E-state index contributed by atoms with van der Waals surface area (Å²) in [6.45, 7) is 4.64. The van der Waals surface area contributed by atoms with Gasteiger partial charge < -0.3 is 15.5 Å². The molecule has 0 aliphatic carbocycles. The Morgan fingerprint density at radius 2 is 2.00 bits per heavy atom. The maximum atomic E-state index is 5.80. The molecule has 0 spiro atoms. The first kappa shape index (κ1) is 13.2. The number of hydrogen-bond acceptors (Lipinski definition) is 4. The first-order chi connectivity index (χ1) is 9.72. The summed E-state index contributed by atoms with van der Waals surface area (Å²) in [7, 11) is 2.11. The van der Waals surface area contributed by atoms with Crippen LogP contribution in [0, 0.1) is 0 Å². The van der Waals surface area contributed by atoms with E-state index in [2.05, 4.69) is 29.0 Å². The molecule has 0 radical (unpaired) electrons. The lowest BCUT2D eigenvalue weighted by molar-refractivity contribution is 0.346. The van der Waals surface area contributed by atoms with Crippen molar-refractivity contribution in [3.8, 4) is 0 Å². The molecule has 1 aromatic heterocycles. The molecule has 0 atom stereocenters. The Morgan fingerprint density at radius 1 is 1.20 bits per heavy atom. The second kappa shape index (κ2) is 5.67. The van der Waals surface area contributed by atoms with Gasteiger partial charge in [0.15, 0.2) is 0 Å². The molecule has 1 fully saturated rings. The standard InChI is InChI=1S/C16H22N4/c1-19(10-11-20-8-2-3-9-20)16-7-4-13-12-14(17)5-6-15(13)18-16/h4-7,12H,2-3,8-11,17H2,1H3. The van der Waals surface area contributed by atoms with Crippen LogP contribution in [0.15, 0.2) is 30.3 Å². The van der Waals surface area contributed by atoms with Gasteiger partial charge in [-0.05, 0) is 56.3 Å². The van der Waals surface area contributed by atoms with Gasteiger partial charge in [-0.3, -0.25) is 0 Å². The Kier molecular flexibility index (Phi) is 3.74. The Morgan fingerprint density at radius 3 is 2.80 bits per heavy atom. The molecule has 0 bridgehead atoms. The summed E-state index contributed by atoms with van der Waals surface area (Å²) in [4.78, 5) is 9.47. The number of benzene rings is 1. The van der Waals surface area contributed by atoms with Gasteiger partial charge in [0.1, 0.15) is 5.82 Å². The first-order valence-corrected chi connectivity index (χ1v) is 7.32. The van der Waals surface area contributed by atoms with Crippen molar-refractivity contribution in [2.75, 3.05) is 43.9 Å². The number of likely N-dealkylation sites (N-methyl/N-ethyl adjacent to an activating group) is 1. The van der Waals surface area contributed by atoms with Gasteiger partial charge in [-0.15, -0.1) is 0 Å². The third-order valence-corrected chi connectivity index (χ3v) is 4.04. The van der Waals surface area contributed by atoms with E-state index in [-0.39, 0.29) is 0 Å². The quantitative estimate of drug-likeness (QED) is 0.866. The minimum Gasteiger partial charge on any atom is -0.399 e. The number of nitrogens with zero attached hydrogens (tertiary/aromatic N) is 3. The predicted octanol–water partition coefficient (Wildman–Crippen LogP) is 2.35. The van der Waals surface area contributed by atoms with E-state index in [0.717, 1.165) is 35.5 Å². The van der Waals surface area contributed by atoms with Gasteiger partial charge in [0, 0.05) is 31.2 Å². The van der Waals surface area contributed by atoms with Crippen LogP contribution in [-0.4, -0.2) is 43.1 Å². The van der Waals surface area contributed by atoms with Crippen LogP contribution in [0.1, 0.15) is 12.8 Å². The number of anilines is 2. The summed E-state index contributed by atoms with van der Waals surface area (Å²) >= 11 is 0. The van der Waals surface area contributed by atoms with Gasteiger partial charge in [0.05, 0.1) is 5.52 Å². The lowest BCUT2D eigenvalue weighted by Crippen LogP contribution is -2.31. The molecule has 0 amide bonds. The molecule has 20 heavy (non-hydrogen) atoms. The van der Waals surface area contributed by atoms with E-state index < -0.39 is 0 Å². The van der Waals surface area contributed by atoms with E-state index in [4.69, 9.17) is 10.7 Å². The van der Waals surface area contributed by atoms with Crippen molar-refractivity contribution >= 4 is 22.4 Å². The fraction of sp³-hybridized carbons (Fsp3) is 0.438. The zero-order chi connectivity index (χ0) is 13.9. The highest BCUT2D eigenvalue weighted by Crippen LogP contribution is 2.19. The highest BCUT2D eigenvalue weighted by Gasteiger charge is 2.12. The molecule has 4 heteroatoms. The van der Waals surface area contributed by atoms with Crippen molar-refractivity contribution in [3.05, 3.63) is 30.3 Å². The van der Waals surface area contributed by atoms with Crippen LogP contribution < -0.4 is 10.6 Å². The second-order valence-electron chi connectivity index (χ2n) is 5.59. The van der Waals surface area contributed by atoms with Gasteiger partial charge in [0.2, 0.25) is 0 Å². The molecule has 1 aliphatic heterocycles. The van der Waals surface area contributed by atoms with Crippen molar-refractivity contribution in [3.63, 3.8) is 0 Å². The maximum Gasteiger partial charge on any atom is 0.129 e. The Balaban J connectivity index is 1.70. The van der Waals surface area contributed by atoms with E-state index in [9.17, 15) is 0 Å². The van der Waals surface area contributed by atoms with Gasteiger partial charge in [-0.25, -0.2) is 4.98 Å². The molecule has 2 heterocycles. The highest BCUT2D eigenvalue weighted by molar-refractivity contribution is 5.83. The van der Waals surface area contributed by atoms with Crippen molar-refractivity contribution in [1.82, 2.24) is 9.88 Å². The summed E-state index contributed by atoms with van der Waals surface area (Å²) < 4.78 is 0. The van der Waals surface area contributed by atoms with Gasteiger partial charge in [0.25, 0.3) is 0 Å². The average Bonchev–Trinajstić information content (AvgIpc) is 2.97. The van der Waals surface area contributed by atoms with Gasteiger partial charge in [-0.2, -0.15) is 0 Å². The van der Waals surface area contributed by atoms with Crippen LogP contribution >= 0.6 is 0 Å². The Bertz CT molecular complexity index is 590. The van der Waals surface area contributed by atoms with E-state index >= 15 is 0 Å². The monoisotopic (exact) mass is 270 g/mol. The molecular weight excluding hydrogens is 248 g/mol. The first-order valence-electron chi connectivity index (χ1n) is 7.32. The maximum absolute atomic E-state index is 5.80. The van der Waals surface area contributed by atoms with Crippen molar-refractivity contribution in [2.24, 2.45) is 0 Å². The minimum atomic E-state index is 0.787. The molecular formula is C16H22N4. The van der Waals surface area contributed by atoms with Crippen LogP contribution in [0.2, 0.25) is 0 Å². The summed E-state index contributed by atoms with van der Waals surface area (Å²) in [6, 6.07) is 10.0. The zero-order valence-electron chi connectivity index (χ0n) is 12.0. The number of aromatic nitrogens is 1. The number of nitrogen functional groups attached to an aromatic ring is 1. The third kappa shape index (κ3) is 2.85. The molecule has 4 nitrogen and oxygen atoms in total. The molecule has 106 valence electrons. The summed E-state index contributed by atoms with van der Waals surface area (Å²) in [6.07, 6.45) is 2.69. The zero-order valence-corrected chi connectivity index (χ0v) is 12.0. The normalized spacial score (nSPS) is 15.8. The minimum absolute atomic E-state index is 0.787. The Hall–Kier alpha value is -1.81. The van der Waals surface area contributed by atoms with Crippen LogP contribution in [0.25, 0.3) is 10.9 Å². The largest absolute Gasteiger partial charge is 0.399 e. The van der Waals surface area contributed by atoms with E-state index in [1.165, 1.54) is 25.9 Å². The van der Waals surface area contributed by atoms with Crippen LogP contribution in [0.3, 0.4) is 0 Å². The lowest BCUT2D eigenvalue weighted by Gasteiger charge is -2.22. The summed E-state index contributed by atoms with van der Waals surface area (Å²) in [5.41, 5.74) is 7.59. The fourth-order valence-corrected chi connectivity index (χ4v) is 2.76. The smallest absolute Gasteiger partial charge is 0.129 e. The molecule has 0 unspecified atom stereocenters. The van der Waals surface area contributed by atoms with E-state index in [0.29, 0.717) is 0 Å². The van der Waals surface area contributed by atoms with Crippen LogP contribution in [0.4, 0.5) is 11.5 Å². The number of nitrogens with two attached hydrogens (primary N) is 1. The van der Waals surface area contributed by atoms with E-state index in [1.807, 2.05) is 18.2 Å². The Labute approximate surface area is 120 Å². The lowest BCUT2D eigenvalue weighted by atomic mass is 10.2. The summed E-state index contributed by atoms with van der Waals surface area (Å²) in [5.74, 6) is 1.03. The highest BCUT2D eigenvalue weighted by atomic mass is 15.2. The second-order valence-corrected chi connectivity index (χ2v) is 5.59. The molecule has 1 aromatic carbocycles. The third-order valence-electron chi connectivity index (χ3n) is 4.04. The fourth-order valence-electron chi connectivity index (χ4n) is 2.76. The number of fused-ring (bicyclic) bond motifs is 1. The SMILES string of the molecule is CN(CCN1CCCC1)c1ccc2cc(N)ccc2n1. The molecule has 0 saturated carbocycles. The number of pyridine rings is 1. The number of hydrogen-bond donors (Lipinski definition) is 1. The van der Waals surface area contributed by atoms with Gasteiger partial charge in [-0.1, -0.05) is 0 Å². The number of rotatable bonds is 4. The van der Waals surface area contributed by atoms with Crippen molar-refractivity contribution in [1.29, 1.82) is 0 Å². The number of likely N-dealkylation sites (tertiary alicyclic amines) is 1. The van der Waals surface area contributed by atoms with Crippen molar-refractivity contribution in [2.45, 2.75) is 12.8 Å². The van der Waals surface area contributed by atoms with Crippen LogP contribution in [-0.2, 0) is 0 Å². The molecule has 2 N–H and O–H groups in total. The van der Waals surface area contributed by atoms with E-state index in [1.54, 1.807) is 0 Å². The topological polar surface area (TPSA) is 45.4 Å². The molecule has 3 rings (SSSR count). The average molecular weight is 270 g/mol.